The third kappa shape index (κ3) is 3.57. The average molecular weight is 280 g/mol. The van der Waals surface area contributed by atoms with E-state index >= 15 is 0 Å². The molecular formula is C14H20N2O2S. The van der Waals surface area contributed by atoms with Crippen LogP contribution in [0.2, 0.25) is 0 Å². The van der Waals surface area contributed by atoms with Crippen LogP contribution in [-0.2, 0) is 10.0 Å². The van der Waals surface area contributed by atoms with Gasteiger partial charge >= 0.3 is 0 Å². The average Bonchev–Trinajstić information content (AvgIpc) is 2.36. The smallest absolute Gasteiger partial charge is 0.244 e. The number of nitrogens with two attached hydrogens (primary N) is 1. The Bertz CT molecular complexity index is 583. The summed E-state index contributed by atoms with van der Waals surface area (Å²) in [7, 11) is -3.52. The molecule has 19 heavy (non-hydrogen) atoms. The van der Waals surface area contributed by atoms with Gasteiger partial charge in [-0.25, -0.2) is 8.42 Å². The van der Waals surface area contributed by atoms with Crippen LogP contribution in [0.3, 0.4) is 0 Å². The van der Waals surface area contributed by atoms with Crippen LogP contribution in [0.25, 0.3) is 0 Å². The number of hydrogen-bond donors (Lipinski definition) is 1. The van der Waals surface area contributed by atoms with Gasteiger partial charge in [0.15, 0.2) is 0 Å². The number of benzene rings is 1. The third-order valence-electron chi connectivity index (χ3n) is 2.69. The Morgan fingerprint density at radius 3 is 2.47 bits per heavy atom. The minimum atomic E-state index is -3.52. The van der Waals surface area contributed by atoms with Gasteiger partial charge in [-0.15, -0.1) is 0 Å². The maximum Gasteiger partial charge on any atom is 0.244 e. The molecule has 0 spiro atoms. The van der Waals surface area contributed by atoms with Crippen LogP contribution >= 0.6 is 0 Å². The first-order chi connectivity index (χ1) is 8.95. The van der Waals surface area contributed by atoms with Crippen LogP contribution < -0.4 is 5.73 Å². The van der Waals surface area contributed by atoms with Crippen molar-refractivity contribution in [3.8, 4) is 11.8 Å². The molecule has 0 saturated heterocycles. The maximum atomic E-state index is 12.6. The van der Waals surface area contributed by atoms with E-state index in [1.165, 1.54) is 4.31 Å². The van der Waals surface area contributed by atoms with Crippen molar-refractivity contribution in [2.45, 2.75) is 31.7 Å². The molecule has 0 heterocycles. The molecule has 0 aliphatic heterocycles. The summed E-state index contributed by atoms with van der Waals surface area (Å²) in [5.41, 5.74) is 5.83. The van der Waals surface area contributed by atoms with Gasteiger partial charge in [0, 0.05) is 18.2 Å². The molecule has 0 amide bonds. The zero-order valence-corrected chi connectivity index (χ0v) is 12.4. The summed E-state index contributed by atoms with van der Waals surface area (Å²) in [6.45, 7) is 6.17. The van der Waals surface area contributed by atoms with Crippen LogP contribution in [0, 0.1) is 11.8 Å². The zero-order chi connectivity index (χ0) is 14.5. The van der Waals surface area contributed by atoms with Crippen molar-refractivity contribution in [1.29, 1.82) is 0 Å². The van der Waals surface area contributed by atoms with Crippen LogP contribution in [0.5, 0.6) is 0 Å². The molecule has 0 unspecified atom stereocenters. The van der Waals surface area contributed by atoms with Gasteiger partial charge < -0.3 is 5.73 Å². The number of hydrogen-bond acceptors (Lipinski definition) is 3. The van der Waals surface area contributed by atoms with Gasteiger partial charge in [0.25, 0.3) is 0 Å². The molecule has 5 heteroatoms. The molecule has 0 saturated carbocycles. The fraction of sp³-hybridized carbons (Fsp3) is 0.429. The highest BCUT2D eigenvalue weighted by molar-refractivity contribution is 7.89. The van der Waals surface area contributed by atoms with Crippen LogP contribution in [0.15, 0.2) is 29.2 Å². The summed E-state index contributed by atoms with van der Waals surface area (Å²) in [5.74, 6) is 5.51. The van der Waals surface area contributed by atoms with Crippen molar-refractivity contribution in [2.75, 3.05) is 13.1 Å². The Kier molecular flexibility index (Phi) is 5.55. The summed E-state index contributed by atoms with van der Waals surface area (Å²) in [4.78, 5) is 0.242. The zero-order valence-electron chi connectivity index (χ0n) is 11.6. The molecule has 0 atom stereocenters. The molecule has 1 aromatic rings. The van der Waals surface area contributed by atoms with E-state index in [0.29, 0.717) is 12.1 Å². The predicted octanol–water partition coefficient (Wildman–Crippen LogP) is 1.42. The highest BCUT2D eigenvalue weighted by Crippen LogP contribution is 2.21. The Labute approximate surface area is 115 Å². The molecule has 4 nitrogen and oxygen atoms in total. The lowest BCUT2D eigenvalue weighted by Crippen LogP contribution is -2.37. The first kappa shape index (κ1) is 15.7. The van der Waals surface area contributed by atoms with E-state index < -0.39 is 10.0 Å². The Morgan fingerprint density at radius 2 is 1.95 bits per heavy atom. The normalized spacial score (nSPS) is 11.5. The van der Waals surface area contributed by atoms with Gasteiger partial charge in [0.2, 0.25) is 10.0 Å². The van der Waals surface area contributed by atoms with Crippen molar-refractivity contribution >= 4 is 10.0 Å². The quantitative estimate of drug-likeness (QED) is 0.848. The highest BCUT2D eigenvalue weighted by atomic mass is 32.2. The van der Waals surface area contributed by atoms with Crippen molar-refractivity contribution in [3.05, 3.63) is 29.8 Å². The highest BCUT2D eigenvalue weighted by Gasteiger charge is 2.27. The molecule has 0 bridgehead atoms. The summed E-state index contributed by atoms with van der Waals surface area (Å²) in [5, 5.41) is 0. The number of rotatable bonds is 4. The van der Waals surface area contributed by atoms with Crippen molar-refractivity contribution in [3.63, 3.8) is 0 Å². The summed E-state index contributed by atoms with van der Waals surface area (Å²) < 4.78 is 26.7. The van der Waals surface area contributed by atoms with Crippen molar-refractivity contribution in [1.82, 2.24) is 4.31 Å². The predicted molar refractivity (Wildman–Crippen MR) is 77.1 cm³/mol. The second-order valence-corrected chi connectivity index (χ2v) is 6.16. The van der Waals surface area contributed by atoms with Gasteiger partial charge in [-0.05, 0) is 26.0 Å². The van der Waals surface area contributed by atoms with Gasteiger partial charge in [-0.1, -0.05) is 30.9 Å². The summed E-state index contributed by atoms with van der Waals surface area (Å²) in [6, 6.07) is 6.66. The minimum Gasteiger partial charge on any atom is -0.320 e. The third-order valence-corrected chi connectivity index (χ3v) is 4.90. The first-order valence-corrected chi connectivity index (χ1v) is 7.69. The van der Waals surface area contributed by atoms with Gasteiger partial charge in [0.1, 0.15) is 0 Å². The van der Waals surface area contributed by atoms with Crippen LogP contribution in [0.1, 0.15) is 26.3 Å². The molecule has 1 aromatic carbocycles. The molecule has 0 fully saturated rings. The second-order valence-electron chi connectivity index (χ2n) is 4.30. The van der Waals surface area contributed by atoms with Gasteiger partial charge in [0.05, 0.1) is 11.4 Å². The number of nitrogens with zero attached hydrogens (tertiary/aromatic N) is 1. The molecule has 2 N–H and O–H groups in total. The van der Waals surface area contributed by atoms with Crippen molar-refractivity contribution in [2.24, 2.45) is 5.73 Å². The molecule has 0 radical (unpaired) electrons. The minimum absolute atomic E-state index is 0.0921. The van der Waals surface area contributed by atoms with Gasteiger partial charge in [-0.2, -0.15) is 4.31 Å². The summed E-state index contributed by atoms with van der Waals surface area (Å²) >= 11 is 0. The fourth-order valence-electron chi connectivity index (χ4n) is 1.88. The summed E-state index contributed by atoms with van der Waals surface area (Å²) in [6.07, 6.45) is 0. The standard InChI is InChI=1S/C14H20N2O2S/c1-4-16(12(2)3)19(17,18)14-10-6-5-8-13(14)9-7-11-15/h5-6,8,10,12H,4,11,15H2,1-3H3. The van der Waals surface area contributed by atoms with E-state index in [4.69, 9.17) is 5.73 Å². The fourth-order valence-corrected chi connectivity index (χ4v) is 3.68. The molecular weight excluding hydrogens is 260 g/mol. The van der Waals surface area contributed by atoms with Crippen LogP contribution in [0.4, 0.5) is 0 Å². The molecule has 0 aliphatic rings. The lowest BCUT2D eigenvalue weighted by molar-refractivity contribution is 0.369. The topological polar surface area (TPSA) is 63.4 Å². The first-order valence-electron chi connectivity index (χ1n) is 6.25. The van der Waals surface area contributed by atoms with Gasteiger partial charge in [-0.3, -0.25) is 0 Å². The van der Waals surface area contributed by atoms with E-state index in [1.54, 1.807) is 24.3 Å². The lowest BCUT2D eigenvalue weighted by Gasteiger charge is -2.24. The largest absolute Gasteiger partial charge is 0.320 e. The Morgan fingerprint density at radius 1 is 1.32 bits per heavy atom. The van der Waals surface area contributed by atoms with E-state index in [1.807, 2.05) is 20.8 Å². The Hall–Kier alpha value is -1.35. The second kappa shape index (κ2) is 6.71. The van der Waals surface area contributed by atoms with Crippen molar-refractivity contribution < 1.29 is 8.42 Å². The maximum absolute atomic E-state index is 12.6. The van der Waals surface area contributed by atoms with E-state index in [0.717, 1.165) is 0 Å². The van der Waals surface area contributed by atoms with E-state index in [2.05, 4.69) is 11.8 Å². The monoisotopic (exact) mass is 280 g/mol. The molecule has 1 rings (SSSR count). The van der Waals surface area contributed by atoms with E-state index in [-0.39, 0.29) is 17.5 Å². The molecule has 0 aliphatic carbocycles. The SMILES string of the molecule is CCN(C(C)C)S(=O)(=O)c1ccccc1C#CCN. The Balaban J connectivity index is 3.36. The van der Waals surface area contributed by atoms with Crippen LogP contribution in [-0.4, -0.2) is 31.9 Å². The van der Waals surface area contributed by atoms with E-state index in [9.17, 15) is 8.42 Å². The molecule has 0 aromatic heterocycles. The lowest BCUT2D eigenvalue weighted by atomic mass is 10.2. The molecule has 104 valence electrons. The number of sulfonamides is 1.